The van der Waals surface area contributed by atoms with Gasteiger partial charge in [0.05, 0.1) is 43.6 Å². The zero-order chi connectivity index (χ0) is 46.8. The molecule has 1 saturated carbocycles. The fraction of sp³-hybridized carbons (Fsp3) is 0.362. The summed E-state index contributed by atoms with van der Waals surface area (Å²) >= 11 is 0. The molecule has 1 heterocycles. The maximum atomic E-state index is 13.0. The first-order valence-electron chi connectivity index (χ1n) is 21.1. The fourth-order valence-electron chi connectivity index (χ4n) is 7.75. The number of carbonyl (C=O) groups is 3. The van der Waals surface area contributed by atoms with Gasteiger partial charge >= 0.3 is 0 Å². The van der Waals surface area contributed by atoms with Gasteiger partial charge < -0.3 is 26.3 Å². The van der Waals surface area contributed by atoms with Crippen LogP contribution in [-0.4, -0.2) is 44.1 Å². The number of hydrogen-bond donors (Lipinski definition) is 6. The van der Waals surface area contributed by atoms with Crippen molar-refractivity contribution in [1.29, 1.82) is 0 Å². The lowest BCUT2D eigenvalue weighted by atomic mass is 9.69. The number of aromatic nitrogens is 2. The van der Waals surface area contributed by atoms with E-state index in [1.807, 2.05) is 18.2 Å². The van der Waals surface area contributed by atoms with Crippen LogP contribution in [0, 0.1) is 23.2 Å². The number of imidazole rings is 1. The monoisotopic (exact) mass is 910 g/mol. The zero-order valence-corrected chi connectivity index (χ0v) is 39.1. The zero-order valence-electron chi connectivity index (χ0n) is 37.4. The summed E-state index contributed by atoms with van der Waals surface area (Å²) in [5, 5.41) is 7.91. The van der Waals surface area contributed by atoms with Gasteiger partial charge in [0.25, 0.3) is 20.0 Å². The van der Waals surface area contributed by atoms with Gasteiger partial charge in [-0.15, -0.1) is 0 Å². The number of carbonyl (C=O) groups excluding carboxylic acids is 3. The minimum atomic E-state index is -3.86. The number of sulfonamides is 2. The highest BCUT2D eigenvalue weighted by atomic mass is 32.2. The average Bonchev–Trinajstić information content (AvgIpc) is 3.57. The molecular formula is C47H58N8O7S2. The van der Waals surface area contributed by atoms with Gasteiger partial charge in [0.1, 0.15) is 5.82 Å². The van der Waals surface area contributed by atoms with E-state index >= 15 is 0 Å². The first kappa shape index (κ1) is 47.3. The maximum absolute atomic E-state index is 13.0. The highest BCUT2D eigenvalue weighted by Gasteiger charge is 2.34. The largest absolute Gasteiger partial charge is 0.397 e. The number of nitrogens with zero attached hydrogens (tertiary/aromatic N) is 2. The molecule has 0 radical (unpaired) electrons. The summed E-state index contributed by atoms with van der Waals surface area (Å²) in [6, 6.07) is 21.9. The van der Waals surface area contributed by atoms with E-state index in [1.54, 1.807) is 32.9 Å². The predicted octanol–water partition coefficient (Wildman–Crippen LogP) is 8.71. The van der Waals surface area contributed by atoms with Crippen LogP contribution < -0.4 is 31.1 Å². The Morgan fingerprint density at radius 1 is 0.688 bits per heavy atom. The maximum Gasteiger partial charge on any atom is 0.261 e. The average molecular weight is 911 g/mol. The van der Waals surface area contributed by atoms with Crippen molar-refractivity contribution in [2.24, 2.45) is 23.2 Å². The van der Waals surface area contributed by atoms with Crippen molar-refractivity contribution in [3.63, 3.8) is 0 Å². The van der Waals surface area contributed by atoms with Crippen molar-refractivity contribution >= 4 is 82.9 Å². The minimum Gasteiger partial charge on any atom is -0.397 e. The Hall–Kier alpha value is -6.20. The molecule has 3 aliphatic rings. The second-order valence-electron chi connectivity index (χ2n) is 18.5. The normalized spacial score (nSPS) is 17.2. The van der Waals surface area contributed by atoms with Gasteiger partial charge in [-0.05, 0) is 122 Å². The van der Waals surface area contributed by atoms with Crippen molar-refractivity contribution in [1.82, 2.24) is 9.55 Å². The van der Waals surface area contributed by atoms with Crippen LogP contribution in [0.4, 0.5) is 34.1 Å². The van der Waals surface area contributed by atoms with E-state index in [4.69, 9.17) is 10.7 Å². The fourth-order valence-corrected chi connectivity index (χ4v) is 9.85. The van der Waals surface area contributed by atoms with Gasteiger partial charge in [0.15, 0.2) is 0 Å². The van der Waals surface area contributed by atoms with Crippen LogP contribution in [0.2, 0.25) is 0 Å². The number of fused-ring (bicyclic) bond motifs is 3. The third-order valence-corrected chi connectivity index (χ3v) is 13.8. The van der Waals surface area contributed by atoms with Crippen LogP contribution in [0.25, 0.3) is 11.0 Å². The van der Waals surface area contributed by atoms with Gasteiger partial charge in [-0.3, -0.25) is 23.8 Å². The van der Waals surface area contributed by atoms with E-state index in [9.17, 15) is 31.2 Å². The number of rotatable bonds is 11. The first-order chi connectivity index (χ1) is 29.9. The highest BCUT2D eigenvalue weighted by Crippen LogP contribution is 2.42. The van der Waals surface area contributed by atoms with Crippen LogP contribution in [0.3, 0.4) is 0 Å². The standard InChI is InChI=1S/C28H34N4O3S.C19H24N4O4S/c1-18(33)29-22-9-12-24(13-10-22)36(34,35)31-23-11-14-26-25(16-23)30-27(28(2,3)4)32(26)17-21-15-19-5-7-20(21)8-6-19;1-12(24)21-13-5-8-15(9-6-13)28(26,27)23-14-7-10-16(20)17(11-14)22-18(25)19(2,3)4/h5,7,9-14,16,19-21,31H,6,8,15,17H2,1-4H3,(H,29,33);5-11,23H,20H2,1-4H3,(H,21,24)(H,22,25)/t19-,20+,21?;/m0./s1. The van der Waals surface area contributed by atoms with Gasteiger partial charge in [-0.2, -0.15) is 0 Å². The summed E-state index contributed by atoms with van der Waals surface area (Å²) in [7, 11) is -7.65. The number of allylic oxidation sites excluding steroid dienone is 2. The number of benzene rings is 4. The summed E-state index contributed by atoms with van der Waals surface area (Å²) in [6.45, 7) is 15.5. The lowest BCUT2D eigenvalue weighted by Gasteiger charge is -2.39. The van der Waals surface area contributed by atoms with Gasteiger partial charge in [-0.25, -0.2) is 21.8 Å². The summed E-state index contributed by atoms with van der Waals surface area (Å²) in [4.78, 5) is 39.6. The molecule has 4 aromatic carbocycles. The van der Waals surface area contributed by atoms with E-state index in [0.29, 0.717) is 46.2 Å². The summed E-state index contributed by atoms with van der Waals surface area (Å²) in [6.07, 6.45) is 8.60. The molecule has 0 spiro atoms. The van der Waals surface area contributed by atoms with E-state index in [-0.39, 0.29) is 38.6 Å². The molecule has 7 N–H and O–H groups in total. The molecule has 17 heteroatoms. The third kappa shape index (κ3) is 11.7. The van der Waals surface area contributed by atoms with Crippen LogP contribution in [0.15, 0.2) is 107 Å². The molecule has 3 atom stereocenters. The number of hydrogen-bond acceptors (Lipinski definition) is 9. The molecule has 340 valence electrons. The molecule has 0 saturated heterocycles. The van der Waals surface area contributed by atoms with Crippen LogP contribution in [0.1, 0.15) is 80.5 Å². The molecule has 0 aliphatic heterocycles. The van der Waals surface area contributed by atoms with Crippen molar-refractivity contribution < 1.29 is 31.2 Å². The molecule has 3 aliphatic carbocycles. The van der Waals surface area contributed by atoms with E-state index in [0.717, 1.165) is 23.4 Å². The van der Waals surface area contributed by atoms with Crippen molar-refractivity contribution in [3.05, 3.63) is 103 Å². The Morgan fingerprint density at radius 3 is 1.66 bits per heavy atom. The Bertz CT molecular complexity index is 2810. The minimum absolute atomic E-state index is 0.0266. The van der Waals surface area contributed by atoms with Gasteiger partial charge in [-0.1, -0.05) is 53.7 Å². The quantitative estimate of drug-likeness (QED) is 0.0550. The van der Waals surface area contributed by atoms with Crippen molar-refractivity contribution in [3.8, 4) is 0 Å². The van der Waals surface area contributed by atoms with Crippen LogP contribution in [0.5, 0.6) is 0 Å². The number of nitrogens with one attached hydrogen (secondary N) is 5. The Kier molecular flexibility index (Phi) is 13.7. The lowest BCUT2D eigenvalue weighted by molar-refractivity contribution is -0.123. The molecule has 1 aromatic heterocycles. The number of nitrogens with two attached hydrogens (primary N) is 1. The summed E-state index contributed by atoms with van der Waals surface area (Å²) in [5.74, 6) is 2.25. The van der Waals surface area contributed by atoms with E-state index in [2.05, 4.69) is 62.9 Å². The molecule has 64 heavy (non-hydrogen) atoms. The van der Waals surface area contributed by atoms with Crippen molar-refractivity contribution in [2.45, 2.75) is 96.4 Å². The molecule has 1 fully saturated rings. The predicted molar refractivity (Wildman–Crippen MR) is 254 cm³/mol. The third-order valence-electron chi connectivity index (χ3n) is 11.0. The van der Waals surface area contributed by atoms with Crippen LogP contribution >= 0.6 is 0 Å². The van der Waals surface area contributed by atoms with Gasteiger partial charge in [0.2, 0.25) is 17.7 Å². The molecule has 8 rings (SSSR count). The first-order valence-corrected chi connectivity index (χ1v) is 24.1. The number of anilines is 6. The molecule has 2 bridgehead atoms. The molecule has 5 aromatic rings. The molecular weight excluding hydrogens is 853 g/mol. The number of nitrogen functional groups attached to an aromatic ring is 1. The van der Waals surface area contributed by atoms with Gasteiger partial charge in [0, 0.05) is 42.6 Å². The Labute approximate surface area is 375 Å². The van der Waals surface area contributed by atoms with E-state index < -0.39 is 25.5 Å². The smallest absolute Gasteiger partial charge is 0.261 e. The summed E-state index contributed by atoms with van der Waals surface area (Å²) in [5.41, 5.74) is 9.34. The highest BCUT2D eigenvalue weighted by molar-refractivity contribution is 7.93. The van der Waals surface area contributed by atoms with Crippen molar-refractivity contribution in [2.75, 3.05) is 31.1 Å². The lowest BCUT2D eigenvalue weighted by Crippen LogP contribution is -2.31. The second-order valence-corrected chi connectivity index (χ2v) is 21.9. The topological polar surface area (TPSA) is 223 Å². The Balaban J connectivity index is 0.000000220. The molecule has 15 nitrogen and oxygen atoms in total. The van der Waals surface area contributed by atoms with E-state index in [1.165, 1.54) is 87.7 Å². The summed E-state index contributed by atoms with van der Waals surface area (Å²) < 4.78 is 58.7. The SMILES string of the molecule is CC(=O)Nc1ccc(S(=O)(=O)Nc2ccc(N)c(NC(=O)C(C)(C)C)c2)cc1.CC(=O)Nc1ccc(S(=O)(=O)Nc2ccc3c(c2)nc(C(C)(C)C)n3CC2C[C@H]3C=C[C@@H]2CC3)cc1. The molecule has 3 amide bonds. The molecule has 1 unspecified atom stereocenters. The Morgan fingerprint density at radius 2 is 1.20 bits per heavy atom. The number of amides is 3. The second kappa shape index (κ2) is 18.5. The van der Waals surface area contributed by atoms with Crippen LogP contribution in [-0.2, 0) is 46.4 Å².